The monoisotopic (exact) mass is 276 g/mol. The average Bonchev–Trinajstić information content (AvgIpc) is 2.71. The molecular formula is C14H20N4O2. The van der Waals surface area contributed by atoms with E-state index in [1.54, 1.807) is 4.52 Å². The molecule has 0 unspecified atom stereocenters. The normalized spacial score (nSPS) is 11.8. The summed E-state index contributed by atoms with van der Waals surface area (Å²) in [6, 6.07) is 1.91. The third-order valence-corrected chi connectivity index (χ3v) is 3.21. The van der Waals surface area contributed by atoms with Crippen molar-refractivity contribution in [1.82, 2.24) is 19.9 Å². The maximum absolute atomic E-state index is 12.3. The second-order valence-corrected chi connectivity index (χ2v) is 5.64. The van der Waals surface area contributed by atoms with E-state index < -0.39 is 5.54 Å². The molecule has 20 heavy (non-hydrogen) atoms. The van der Waals surface area contributed by atoms with Crippen molar-refractivity contribution >= 4 is 11.6 Å². The van der Waals surface area contributed by atoms with Gasteiger partial charge in [-0.2, -0.15) is 5.10 Å². The second kappa shape index (κ2) is 5.20. The molecule has 0 radical (unpaired) electrons. The molecule has 2 heterocycles. The maximum atomic E-state index is 12.3. The first kappa shape index (κ1) is 14.5. The van der Waals surface area contributed by atoms with Gasteiger partial charge < -0.3 is 10.4 Å². The van der Waals surface area contributed by atoms with Gasteiger partial charge in [0, 0.05) is 23.5 Å². The molecule has 2 N–H and O–H groups in total. The zero-order valence-corrected chi connectivity index (χ0v) is 12.3. The van der Waals surface area contributed by atoms with E-state index in [9.17, 15) is 4.79 Å². The minimum Gasteiger partial charge on any atom is -0.396 e. The number of carbonyl (C=O) groups is 1. The van der Waals surface area contributed by atoms with Crippen LogP contribution in [0.3, 0.4) is 0 Å². The van der Waals surface area contributed by atoms with Crippen LogP contribution in [0.15, 0.2) is 12.3 Å². The highest BCUT2D eigenvalue weighted by Gasteiger charge is 2.23. The number of amides is 1. The summed E-state index contributed by atoms with van der Waals surface area (Å²) in [5, 5.41) is 16.1. The SMILES string of the molecule is Cc1cc(C)n2ncc(C(=O)NC(C)(C)CCO)c2n1. The summed E-state index contributed by atoms with van der Waals surface area (Å²) in [5.74, 6) is -0.226. The lowest BCUT2D eigenvalue weighted by Crippen LogP contribution is -2.44. The number of fused-ring (bicyclic) bond motifs is 1. The lowest BCUT2D eigenvalue weighted by Gasteiger charge is -2.24. The number of hydrogen-bond donors (Lipinski definition) is 2. The third-order valence-electron chi connectivity index (χ3n) is 3.21. The summed E-state index contributed by atoms with van der Waals surface area (Å²) in [6.07, 6.45) is 2.02. The zero-order chi connectivity index (χ0) is 14.9. The quantitative estimate of drug-likeness (QED) is 0.880. The zero-order valence-electron chi connectivity index (χ0n) is 12.3. The first-order valence-electron chi connectivity index (χ1n) is 6.59. The molecule has 108 valence electrons. The fourth-order valence-corrected chi connectivity index (χ4v) is 2.15. The standard InChI is InChI=1S/C14H20N4O2/c1-9-7-10(2)18-12(16-9)11(8-15-18)13(20)17-14(3,4)5-6-19/h7-8,19H,5-6H2,1-4H3,(H,17,20). The van der Waals surface area contributed by atoms with Crippen molar-refractivity contribution in [3.05, 3.63) is 29.2 Å². The Morgan fingerprint density at radius 2 is 2.15 bits per heavy atom. The molecule has 1 amide bonds. The fourth-order valence-electron chi connectivity index (χ4n) is 2.15. The number of aliphatic hydroxyl groups excluding tert-OH is 1. The number of aliphatic hydroxyl groups is 1. The molecule has 0 aliphatic heterocycles. The lowest BCUT2D eigenvalue weighted by molar-refractivity contribution is 0.0901. The molecule has 0 aliphatic carbocycles. The highest BCUT2D eigenvalue weighted by atomic mass is 16.3. The van der Waals surface area contributed by atoms with Crippen molar-refractivity contribution in [2.24, 2.45) is 0 Å². The Balaban J connectivity index is 2.36. The van der Waals surface area contributed by atoms with Crippen LogP contribution in [0, 0.1) is 13.8 Å². The van der Waals surface area contributed by atoms with E-state index in [2.05, 4.69) is 15.4 Å². The molecule has 2 rings (SSSR count). The lowest BCUT2D eigenvalue weighted by atomic mass is 10.0. The van der Waals surface area contributed by atoms with E-state index in [1.165, 1.54) is 6.20 Å². The topological polar surface area (TPSA) is 79.5 Å². The molecule has 2 aromatic rings. The Kier molecular flexibility index (Phi) is 3.76. The summed E-state index contributed by atoms with van der Waals surface area (Å²) in [4.78, 5) is 16.7. The van der Waals surface area contributed by atoms with Crippen molar-refractivity contribution in [2.45, 2.75) is 39.7 Å². The van der Waals surface area contributed by atoms with E-state index in [4.69, 9.17) is 5.11 Å². The van der Waals surface area contributed by atoms with Crippen LogP contribution in [0.5, 0.6) is 0 Å². The molecule has 0 bridgehead atoms. The molecule has 6 heteroatoms. The Labute approximate surface area is 117 Å². The number of aromatic nitrogens is 3. The van der Waals surface area contributed by atoms with E-state index in [-0.39, 0.29) is 12.5 Å². The van der Waals surface area contributed by atoms with E-state index in [0.29, 0.717) is 17.6 Å². The van der Waals surface area contributed by atoms with Gasteiger partial charge in [-0.3, -0.25) is 4.79 Å². The summed E-state index contributed by atoms with van der Waals surface area (Å²) in [6.45, 7) is 7.58. The van der Waals surface area contributed by atoms with Crippen LogP contribution in [0.1, 0.15) is 42.0 Å². The van der Waals surface area contributed by atoms with Gasteiger partial charge in [0.25, 0.3) is 5.91 Å². The van der Waals surface area contributed by atoms with Crippen LogP contribution >= 0.6 is 0 Å². The van der Waals surface area contributed by atoms with Crippen molar-refractivity contribution in [2.75, 3.05) is 6.61 Å². The number of aryl methyl sites for hydroxylation is 2. The highest BCUT2D eigenvalue weighted by molar-refractivity contribution is 6.00. The Morgan fingerprint density at radius 3 is 2.80 bits per heavy atom. The first-order valence-corrected chi connectivity index (χ1v) is 6.59. The molecule has 0 spiro atoms. The average molecular weight is 276 g/mol. The number of carbonyl (C=O) groups excluding carboxylic acids is 1. The van der Waals surface area contributed by atoms with Gasteiger partial charge in [-0.15, -0.1) is 0 Å². The summed E-state index contributed by atoms with van der Waals surface area (Å²) in [7, 11) is 0. The van der Waals surface area contributed by atoms with Crippen molar-refractivity contribution in [1.29, 1.82) is 0 Å². The molecular weight excluding hydrogens is 256 g/mol. The third kappa shape index (κ3) is 2.80. The molecule has 0 saturated heterocycles. The molecule has 0 saturated carbocycles. The smallest absolute Gasteiger partial charge is 0.257 e. The largest absolute Gasteiger partial charge is 0.396 e. The van der Waals surface area contributed by atoms with E-state index in [0.717, 1.165) is 11.4 Å². The summed E-state index contributed by atoms with van der Waals surface area (Å²) >= 11 is 0. The van der Waals surface area contributed by atoms with Crippen molar-refractivity contribution in [3.8, 4) is 0 Å². The van der Waals surface area contributed by atoms with Gasteiger partial charge in [-0.25, -0.2) is 9.50 Å². The van der Waals surface area contributed by atoms with Crippen LogP contribution in [0.25, 0.3) is 5.65 Å². The van der Waals surface area contributed by atoms with E-state index in [1.807, 2.05) is 33.8 Å². The van der Waals surface area contributed by atoms with Crippen molar-refractivity contribution in [3.63, 3.8) is 0 Å². The maximum Gasteiger partial charge on any atom is 0.257 e. The molecule has 0 atom stereocenters. The molecule has 0 aromatic carbocycles. The van der Waals surface area contributed by atoms with Crippen LogP contribution in [-0.4, -0.2) is 37.8 Å². The van der Waals surface area contributed by atoms with E-state index >= 15 is 0 Å². The molecule has 0 aliphatic rings. The fraction of sp³-hybridized carbons (Fsp3) is 0.500. The highest BCUT2D eigenvalue weighted by Crippen LogP contribution is 2.14. The van der Waals surface area contributed by atoms with Crippen LogP contribution in [0.4, 0.5) is 0 Å². The molecule has 0 fully saturated rings. The van der Waals surface area contributed by atoms with Crippen LogP contribution in [0.2, 0.25) is 0 Å². The predicted molar refractivity (Wildman–Crippen MR) is 75.7 cm³/mol. The van der Waals surface area contributed by atoms with Gasteiger partial charge in [0.2, 0.25) is 0 Å². The van der Waals surface area contributed by atoms with Gasteiger partial charge in [-0.05, 0) is 40.2 Å². The van der Waals surface area contributed by atoms with Gasteiger partial charge in [0.15, 0.2) is 5.65 Å². The van der Waals surface area contributed by atoms with Crippen LogP contribution < -0.4 is 5.32 Å². The predicted octanol–water partition coefficient (Wildman–Crippen LogP) is 1.24. The van der Waals surface area contributed by atoms with Gasteiger partial charge in [0.05, 0.1) is 6.20 Å². The number of nitrogens with one attached hydrogen (secondary N) is 1. The number of rotatable bonds is 4. The number of hydrogen-bond acceptors (Lipinski definition) is 4. The number of nitrogens with zero attached hydrogens (tertiary/aromatic N) is 3. The Morgan fingerprint density at radius 1 is 1.45 bits per heavy atom. The Bertz CT molecular complexity index is 646. The van der Waals surface area contributed by atoms with Gasteiger partial charge >= 0.3 is 0 Å². The van der Waals surface area contributed by atoms with Gasteiger partial charge in [-0.1, -0.05) is 0 Å². The Hall–Kier alpha value is -1.95. The second-order valence-electron chi connectivity index (χ2n) is 5.64. The first-order chi connectivity index (χ1) is 9.34. The van der Waals surface area contributed by atoms with Crippen LogP contribution in [-0.2, 0) is 0 Å². The minimum atomic E-state index is -0.473. The van der Waals surface area contributed by atoms with Gasteiger partial charge in [0.1, 0.15) is 5.56 Å². The summed E-state index contributed by atoms with van der Waals surface area (Å²) < 4.78 is 1.65. The van der Waals surface area contributed by atoms with Crippen molar-refractivity contribution < 1.29 is 9.90 Å². The molecule has 2 aromatic heterocycles. The minimum absolute atomic E-state index is 0.0263. The summed E-state index contributed by atoms with van der Waals surface area (Å²) in [5.41, 5.74) is 2.31. The molecule has 6 nitrogen and oxygen atoms in total.